The molecule has 1 fully saturated rings. The van der Waals surface area contributed by atoms with E-state index in [0.29, 0.717) is 62.3 Å². The van der Waals surface area contributed by atoms with E-state index in [9.17, 15) is 19.2 Å². The highest BCUT2D eigenvalue weighted by atomic mass is 16.5. The number of carbonyl (C=O) groups excluding carboxylic acids is 4. The fraction of sp³-hybridized carbons (Fsp3) is 0.412. The van der Waals surface area contributed by atoms with Gasteiger partial charge in [-0.25, -0.2) is 9.59 Å². The van der Waals surface area contributed by atoms with Gasteiger partial charge in [0.1, 0.15) is 23.6 Å². The lowest BCUT2D eigenvalue weighted by atomic mass is 9.81. The minimum absolute atomic E-state index is 0.185. The van der Waals surface area contributed by atoms with Crippen LogP contribution in [-0.4, -0.2) is 48.7 Å². The lowest BCUT2D eigenvalue weighted by Crippen LogP contribution is -2.34. The van der Waals surface area contributed by atoms with E-state index in [1.165, 1.54) is 6.08 Å². The van der Waals surface area contributed by atoms with Crippen LogP contribution in [0.5, 0.6) is 11.5 Å². The Morgan fingerprint density at radius 2 is 1.27 bits per heavy atom. The minimum Gasteiger partial charge on any atom is -0.425 e. The van der Waals surface area contributed by atoms with Gasteiger partial charge in [-0.1, -0.05) is 43.2 Å². The lowest BCUT2D eigenvalue weighted by Gasteiger charge is -2.21. The van der Waals surface area contributed by atoms with Crippen LogP contribution in [0.2, 0.25) is 0 Å². The van der Waals surface area contributed by atoms with Gasteiger partial charge in [-0.15, -0.1) is 0 Å². The van der Waals surface area contributed by atoms with Gasteiger partial charge in [0.15, 0.2) is 11.6 Å². The molecule has 0 spiro atoms. The van der Waals surface area contributed by atoms with Crippen LogP contribution in [-0.2, 0) is 19.2 Å². The second-order valence-electron chi connectivity index (χ2n) is 11.0. The van der Waals surface area contributed by atoms with E-state index >= 15 is 0 Å². The summed E-state index contributed by atoms with van der Waals surface area (Å²) in [6.07, 6.45) is 10.7. The zero-order valence-corrected chi connectivity index (χ0v) is 25.1. The maximum atomic E-state index is 13.2. The van der Waals surface area contributed by atoms with E-state index in [1.807, 2.05) is 0 Å². The molecule has 2 aromatic rings. The summed E-state index contributed by atoms with van der Waals surface area (Å²) >= 11 is 0. The second kappa shape index (κ2) is 18.0. The number of rotatable bonds is 16. The van der Waals surface area contributed by atoms with E-state index in [1.54, 1.807) is 60.7 Å². The highest BCUT2D eigenvalue weighted by molar-refractivity contribution is 6.16. The fourth-order valence-electron chi connectivity index (χ4n) is 4.80. The summed E-state index contributed by atoms with van der Waals surface area (Å²) in [4.78, 5) is 50.5. The number of hydrogen-bond acceptors (Lipinski definition) is 10. The Morgan fingerprint density at radius 3 is 1.77 bits per heavy atom. The molecule has 0 aliphatic heterocycles. The molecule has 236 valence electrons. The van der Waals surface area contributed by atoms with Crippen molar-refractivity contribution in [3.63, 3.8) is 0 Å². The molecule has 1 aliphatic rings. The van der Waals surface area contributed by atoms with Crippen LogP contribution in [0.1, 0.15) is 68.9 Å². The number of nitrogens with two attached hydrogens (primary N) is 4. The molecule has 1 aliphatic carbocycles. The third kappa shape index (κ3) is 10.9. The quantitative estimate of drug-likeness (QED) is 0.0725. The molecule has 0 bridgehead atoms. The Kier molecular flexibility index (Phi) is 14.1. The fourth-order valence-corrected chi connectivity index (χ4v) is 4.80. The zero-order valence-electron chi connectivity index (χ0n) is 25.1. The average Bonchev–Trinajstić information content (AvgIpc) is 3.02. The van der Waals surface area contributed by atoms with Crippen LogP contribution in [0.4, 0.5) is 0 Å². The normalized spacial score (nSPS) is 17.4. The number of Topliss-reactive ketones (excluding diaryl/α,β-unsaturated/α-hetero) is 1. The predicted molar refractivity (Wildman–Crippen MR) is 170 cm³/mol. The predicted octanol–water partition coefficient (Wildman–Crippen LogP) is 3.45. The number of unbranched alkanes of at least 4 members (excludes halogenated alkanes) is 2. The van der Waals surface area contributed by atoms with E-state index < -0.39 is 29.9 Å². The summed E-state index contributed by atoms with van der Waals surface area (Å²) in [5.41, 5.74) is 24.8. The van der Waals surface area contributed by atoms with Crippen LogP contribution >= 0.6 is 0 Å². The van der Waals surface area contributed by atoms with Crippen molar-refractivity contribution in [2.24, 2.45) is 28.9 Å². The molecule has 3 rings (SSSR count). The van der Waals surface area contributed by atoms with Crippen LogP contribution in [0.3, 0.4) is 0 Å². The van der Waals surface area contributed by atoms with Gasteiger partial charge in [0, 0.05) is 0 Å². The monoisotopic (exact) mass is 604 g/mol. The molecule has 3 unspecified atom stereocenters. The molecule has 0 aromatic heterocycles. The van der Waals surface area contributed by atoms with Crippen molar-refractivity contribution in [3.05, 3.63) is 71.3 Å². The summed E-state index contributed by atoms with van der Waals surface area (Å²) in [5.74, 6) is -1.47. The van der Waals surface area contributed by atoms with Crippen molar-refractivity contribution in [1.29, 1.82) is 0 Å². The molecule has 3 atom stereocenters. The standard InChI is InChI=1S/C34H44N4O6/c35-20-3-1-8-29(37)33(41)43-26-15-10-23(11-16-26)14-19-31(39)28-7-5-6-25(32(28)40)22-24-12-17-27(18-13-24)44-34(42)30(38)9-2-4-21-36/h10-19,22,28-30H,1-9,20-21,35-38H2. The SMILES string of the molecule is NCCCCC(N)C(=O)Oc1ccc(C=CC(=O)C2CCCC(=Cc3ccc(OC(=O)C(N)CCCCN)cc3)C2=O)cc1. The Hall–Kier alpha value is -3.96. The van der Waals surface area contributed by atoms with Crippen molar-refractivity contribution in [2.45, 2.75) is 69.9 Å². The van der Waals surface area contributed by atoms with Gasteiger partial charge in [-0.2, -0.15) is 0 Å². The molecule has 44 heavy (non-hydrogen) atoms. The largest absolute Gasteiger partial charge is 0.425 e. The summed E-state index contributed by atoms with van der Waals surface area (Å²) in [7, 11) is 0. The highest BCUT2D eigenvalue weighted by Gasteiger charge is 2.30. The topological polar surface area (TPSA) is 191 Å². The van der Waals surface area contributed by atoms with Crippen molar-refractivity contribution >= 4 is 35.7 Å². The molecule has 0 saturated heterocycles. The molecule has 0 heterocycles. The summed E-state index contributed by atoms with van der Waals surface area (Å²) < 4.78 is 10.7. The van der Waals surface area contributed by atoms with Crippen molar-refractivity contribution in [1.82, 2.24) is 0 Å². The lowest BCUT2D eigenvalue weighted by molar-refractivity contribution is -0.136. The molecule has 2 aromatic carbocycles. The first-order valence-corrected chi connectivity index (χ1v) is 15.2. The number of benzene rings is 2. The summed E-state index contributed by atoms with van der Waals surface area (Å²) in [6, 6.07) is 12.1. The third-order valence-corrected chi connectivity index (χ3v) is 7.44. The van der Waals surface area contributed by atoms with E-state index in [4.69, 9.17) is 32.4 Å². The van der Waals surface area contributed by atoms with Gasteiger partial charge in [-0.05, 0) is 111 Å². The number of hydrogen-bond donors (Lipinski definition) is 4. The summed E-state index contributed by atoms with van der Waals surface area (Å²) in [5, 5.41) is 0. The Labute approximate surface area is 258 Å². The first-order chi connectivity index (χ1) is 21.2. The van der Waals surface area contributed by atoms with Crippen LogP contribution in [0, 0.1) is 5.92 Å². The highest BCUT2D eigenvalue weighted by Crippen LogP contribution is 2.29. The van der Waals surface area contributed by atoms with Gasteiger partial charge in [0.05, 0.1) is 5.92 Å². The molecule has 10 heteroatoms. The van der Waals surface area contributed by atoms with Gasteiger partial charge < -0.3 is 32.4 Å². The number of ketones is 2. The zero-order chi connectivity index (χ0) is 31.9. The molecule has 8 N–H and O–H groups in total. The van der Waals surface area contributed by atoms with E-state index in [2.05, 4.69) is 0 Å². The van der Waals surface area contributed by atoms with E-state index in [0.717, 1.165) is 36.8 Å². The maximum absolute atomic E-state index is 13.2. The van der Waals surface area contributed by atoms with Crippen molar-refractivity contribution in [3.8, 4) is 11.5 Å². The Morgan fingerprint density at radius 1 is 0.773 bits per heavy atom. The first kappa shape index (κ1) is 34.5. The maximum Gasteiger partial charge on any atom is 0.328 e. The first-order valence-electron chi connectivity index (χ1n) is 15.2. The number of esters is 2. The van der Waals surface area contributed by atoms with Gasteiger partial charge >= 0.3 is 11.9 Å². The van der Waals surface area contributed by atoms with E-state index in [-0.39, 0.29) is 11.6 Å². The molecular weight excluding hydrogens is 560 g/mol. The molecule has 1 saturated carbocycles. The number of carbonyl (C=O) groups is 4. The van der Waals surface area contributed by atoms with Gasteiger partial charge in [0.25, 0.3) is 0 Å². The molecule has 10 nitrogen and oxygen atoms in total. The molecular formula is C34H44N4O6. The van der Waals surface area contributed by atoms with Crippen molar-refractivity contribution < 1.29 is 28.7 Å². The Bertz CT molecular complexity index is 1320. The van der Waals surface area contributed by atoms with Gasteiger partial charge in [-0.3, -0.25) is 9.59 Å². The minimum atomic E-state index is -0.742. The smallest absolute Gasteiger partial charge is 0.328 e. The Balaban J connectivity index is 1.54. The molecule has 0 amide bonds. The molecule has 0 radical (unpaired) electrons. The number of allylic oxidation sites excluding steroid dienone is 2. The second-order valence-corrected chi connectivity index (χ2v) is 11.0. The van der Waals surface area contributed by atoms with Gasteiger partial charge in [0.2, 0.25) is 0 Å². The number of ether oxygens (including phenoxy) is 2. The van der Waals surface area contributed by atoms with Crippen LogP contribution in [0.25, 0.3) is 12.2 Å². The van der Waals surface area contributed by atoms with Crippen LogP contribution in [0.15, 0.2) is 60.2 Å². The van der Waals surface area contributed by atoms with Crippen molar-refractivity contribution in [2.75, 3.05) is 13.1 Å². The summed E-state index contributed by atoms with van der Waals surface area (Å²) in [6.45, 7) is 1.10. The average molecular weight is 605 g/mol. The van der Waals surface area contributed by atoms with Crippen LogP contribution < -0.4 is 32.4 Å². The third-order valence-electron chi connectivity index (χ3n) is 7.44.